The lowest BCUT2D eigenvalue weighted by Crippen LogP contribution is -2.51. The number of aliphatic hydroxyl groups excluding tert-OH is 1. The Morgan fingerprint density at radius 1 is 1.00 bits per heavy atom. The third kappa shape index (κ3) is 4.62. The quantitative estimate of drug-likeness (QED) is 0.347. The van der Waals surface area contributed by atoms with Gasteiger partial charge in [0.1, 0.15) is 28.9 Å². The topological polar surface area (TPSA) is 92.4 Å². The average molecular weight is 534 g/mol. The first-order valence-electron chi connectivity index (χ1n) is 12.3. The third-order valence-corrected chi connectivity index (χ3v) is 7.04. The highest BCUT2D eigenvalue weighted by Gasteiger charge is 2.21. The molecule has 1 saturated heterocycles. The SMILES string of the molecule is Cc1ccnc(Oc2ccc(-c3cc4c(cc3F)ncc3ncn(N5CCN(CCO)CC5)c34)c(Cl)c2)n1. The van der Waals surface area contributed by atoms with Gasteiger partial charge in [-0.3, -0.25) is 9.88 Å². The van der Waals surface area contributed by atoms with Crippen molar-refractivity contribution in [3.63, 3.8) is 0 Å². The second-order valence-corrected chi connectivity index (χ2v) is 9.58. The first kappa shape index (κ1) is 24.5. The predicted octanol–water partition coefficient (Wildman–Crippen LogP) is 4.18. The Hall–Kier alpha value is -3.86. The lowest BCUT2D eigenvalue weighted by atomic mass is 10.0. The van der Waals surface area contributed by atoms with Gasteiger partial charge in [0.05, 0.1) is 23.3 Å². The number of fused-ring (bicyclic) bond motifs is 3. The number of rotatable bonds is 6. The van der Waals surface area contributed by atoms with Gasteiger partial charge >= 0.3 is 6.01 Å². The molecule has 0 saturated carbocycles. The smallest absolute Gasteiger partial charge is 0.322 e. The summed E-state index contributed by atoms with van der Waals surface area (Å²) >= 11 is 6.62. The van der Waals surface area contributed by atoms with Crippen LogP contribution in [-0.2, 0) is 0 Å². The van der Waals surface area contributed by atoms with Crippen molar-refractivity contribution in [1.82, 2.24) is 29.5 Å². The minimum atomic E-state index is -0.425. The van der Waals surface area contributed by atoms with Crippen molar-refractivity contribution in [2.24, 2.45) is 0 Å². The number of pyridine rings is 1. The fraction of sp³-hybridized carbons (Fsp3) is 0.259. The molecule has 9 nitrogen and oxygen atoms in total. The summed E-state index contributed by atoms with van der Waals surface area (Å²) in [5.41, 5.74) is 3.79. The van der Waals surface area contributed by atoms with Crippen molar-refractivity contribution in [2.75, 3.05) is 44.3 Å². The molecule has 0 radical (unpaired) electrons. The monoisotopic (exact) mass is 533 g/mol. The molecule has 1 N–H and O–H groups in total. The summed E-state index contributed by atoms with van der Waals surface area (Å²) < 4.78 is 23.1. The number of hydrogen-bond donors (Lipinski definition) is 1. The Kier molecular flexibility index (Phi) is 6.52. The van der Waals surface area contributed by atoms with Crippen LogP contribution in [0.3, 0.4) is 0 Å². The van der Waals surface area contributed by atoms with Crippen LogP contribution in [0.25, 0.3) is 33.1 Å². The van der Waals surface area contributed by atoms with Crippen molar-refractivity contribution in [2.45, 2.75) is 6.92 Å². The third-order valence-electron chi connectivity index (χ3n) is 6.73. The summed E-state index contributed by atoms with van der Waals surface area (Å²) in [5, 5.41) is 12.6. The van der Waals surface area contributed by atoms with Gasteiger partial charge in [0, 0.05) is 73.3 Å². The summed E-state index contributed by atoms with van der Waals surface area (Å²) in [7, 11) is 0. The number of imidazole rings is 1. The van der Waals surface area contributed by atoms with Crippen LogP contribution >= 0.6 is 11.6 Å². The van der Waals surface area contributed by atoms with Gasteiger partial charge in [-0.2, -0.15) is 0 Å². The van der Waals surface area contributed by atoms with Crippen LogP contribution in [0, 0.1) is 12.7 Å². The molecule has 1 aliphatic heterocycles. The molecule has 1 fully saturated rings. The van der Waals surface area contributed by atoms with Gasteiger partial charge < -0.3 is 14.9 Å². The van der Waals surface area contributed by atoms with E-state index in [2.05, 4.69) is 29.8 Å². The van der Waals surface area contributed by atoms with Crippen LogP contribution < -0.4 is 9.75 Å². The summed E-state index contributed by atoms with van der Waals surface area (Å²) in [6, 6.07) is 10.3. The second-order valence-electron chi connectivity index (χ2n) is 9.17. The Labute approximate surface area is 223 Å². The Morgan fingerprint density at radius 3 is 2.61 bits per heavy atom. The number of halogens is 2. The average Bonchev–Trinajstić information content (AvgIpc) is 3.34. The van der Waals surface area contributed by atoms with Gasteiger partial charge in [-0.05, 0) is 31.2 Å². The molecule has 1 aliphatic rings. The van der Waals surface area contributed by atoms with E-state index < -0.39 is 5.82 Å². The molecule has 2 aromatic carbocycles. The first-order chi connectivity index (χ1) is 18.5. The molecular formula is C27H25ClFN7O2. The lowest BCUT2D eigenvalue weighted by Gasteiger charge is -2.36. The van der Waals surface area contributed by atoms with Crippen molar-refractivity contribution in [1.29, 1.82) is 0 Å². The highest BCUT2D eigenvalue weighted by Crippen LogP contribution is 2.37. The van der Waals surface area contributed by atoms with Crippen molar-refractivity contribution in [3.8, 4) is 22.9 Å². The molecule has 38 heavy (non-hydrogen) atoms. The van der Waals surface area contributed by atoms with Gasteiger partial charge in [-0.25, -0.2) is 24.0 Å². The largest absolute Gasteiger partial charge is 0.424 e. The van der Waals surface area contributed by atoms with Crippen LogP contribution in [0.4, 0.5) is 4.39 Å². The maximum Gasteiger partial charge on any atom is 0.322 e. The number of aromatic nitrogens is 5. The van der Waals surface area contributed by atoms with Crippen molar-refractivity contribution < 1.29 is 14.2 Å². The highest BCUT2D eigenvalue weighted by molar-refractivity contribution is 6.33. The zero-order chi connectivity index (χ0) is 26.2. The first-order valence-corrected chi connectivity index (χ1v) is 12.7. The van der Waals surface area contributed by atoms with Crippen molar-refractivity contribution >= 4 is 33.5 Å². The van der Waals surface area contributed by atoms with E-state index in [1.165, 1.54) is 6.07 Å². The lowest BCUT2D eigenvalue weighted by molar-refractivity contribution is 0.181. The van der Waals surface area contributed by atoms with Gasteiger partial charge in [-0.15, -0.1) is 0 Å². The number of aliphatic hydroxyl groups is 1. The second kappa shape index (κ2) is 10.1. The Bertz CT molecular complexity index is 1640. The van der Waals surface area contributed by atoms with E-state index in [4.69, 9.17) is 16.3 Å². The summed E-state index contributed by atoms with van der Waals surface area (Å²) in [6.45, 7) is 5.89. The maximum absolute atomic E-state index is 15.4. The van der Waals surface area contributed by atoms with Gasteiger partial charge in [0.25, 0.3) is 0 Å². The van der Waals surface area contributed by atoms with E-state index in [9.17, 15) is 5.11 Å². The number of β-amino-alcohol motifs (C(OH)–C–C–N with tert-alkyl or cyclic N) is 1. The number of aryl methyl sites for hydroxylation is 1. The van der Waals surface area contributed by atoms with Crippen LogP contribution in [0.15, 0.2) is 55.1 Å². The molecule has 11 heteroatoms. The molecule has 0 amide bonds. The number of hydrogen-bond acceptors (Lipinski definition) is 8. The van der Waals surface area contributed by atoms with Crippen LogP contribution in [-0.4, -0.2) is 73.9 Å². The standard InChI is InChI=1S/C27H25ClFN7O2/c1-17-4-5-30-27(33-17)38-18-2-3-19(22(28)12-18)20-13-21-24(14-23(20)29)31-15-25-26(21)36(16-32-25)35-8-6-34(7-9-35)10-11-37/h2-5,12-16,37H,6-11H2,1H3. The zero-order valence-corrected chi connectivity index (χ0v) is 21.4. The Balaban J connectivity index is 1.37. The molecule has 4 heterocycles. The fourth-order valence-electron chi connectivity index (χ4n) is 4.80. The molecule has 6 rings (SSSR count). The number of benzene rings is 2. The molecule has 5 aromatic rings. The van der Waals surface area contributed by atoms with Gasteiger partial charge in [-0.1, -0.05) is 11.6 Å². The number of piperazine rings is 1. The number of nitrogens with zero attached hydrogens (tertiary/aromatic N) is 7. The molecular weight excluding hydrogens is 509 g/mol. The molecule has 0 atom stereocenters. The molecule has 3 aromatic heterocycles. The van der Waals surface area contributed by atoms with Crippen molar-refractivity contribution in [3.05, 3.63) is 71.7 Å². The van der Waals surface area contributed by atoms with E-state index in [0.717, 1.165) is 48.3 Å². The van der Waals surface area contributed by atoms with Crippen LogP contribution in [0.5, 0.6) is 11.8 Å². The van der Waals surface area contributed by atoms with Gasteiger partial charge in [0.2, 0.25) is 0 Å². The van der Waals surface area contributed by atoms with Gasteiger partial charge in [0.15, 0.2) is 0 Å². The fourth-order valence-corrected chi connectivity index (χ4v) is 5.07. The molecule has 0 aliphatic carbocycles. The van der Waals surface area contributed by atoms with E-state index in [1.807, 2.05) is 11.6 Å². The van der Waals surface area contributed by atoms with E-state index in [-0.39, 0.29) is 12.6 Å². The minimum Gasteiger partial charge on any atom is -0.424 e. The molecule has 194 valence electrons. The van der Waals surface area contributed by atoms with Crippen LogP contribution in [0.1, 0.15) is 5.69 Å². The Morgan fingerprint density at radius 2 is 1.84 bits per heavy atom. The van der Waals surface area contributed by atoms with E-state index >= 15 is 4.39 Å². The zero-order valence-electron chi connectivity index (χ0n) is 20.7. The highest BCUT2D eigenvalue weighted by atomic mass is 35.5. The molecule has 0 unspecified atom stereocenters. The normalized spacial score (nSPS) is 14.5. The maximum atomic E-state index is 15.4. The predicted molar refractivity (Wildman–Crippen MR) is 144 cm³/mol. The number of ether oxygens (including phenoxy) is 1. The molecule has 0 bridgehead atoms. The van der Waals surface area contributed by atoms with Crippen LogP contribution in [0.2, 0.25) is 5.02 Å². The minimum absolute atomic E-state index is 0.147. The molecule has 0 spiro atoms. The summed E-state index contributed by atoms with van der Waals surface area (Å²) in [5.74, 6) is 0.0265. The summed E-state index contributed by atoms with van der Waals surface area (Å²) in [6.07, 6.45) is 5.07. The van der Waals surface area contributed by atoms with E-state index in [1.54, 1.807) is 49.1 Å². The summed E-state index contributed by atoms with van der Waals surface area (Å²) in [4.78, 5) is 19.6. The van der Waals surface area contributed by atoms with E-state index in [0.29, 0.717) is 34.0 Å².